The molecule has 1 aromatic heterocycles. The van der Waals surface area contributed by atoms with E-state index in [0.717, 1.165) is 53.5 Å². The molecule has 220 valence electrons. The number of benzene rings is 2. The summed E-state index contributed by atoms with van der Waals surface area (Å²) in [5.41, 5.74) is 5.99. The van der Waals surface area contributed by atoms with Crippen molar-refractivity contribution < 1.29 is 14.7 Å². The highest BCUT2D eigenvalue weighted by molar-refractivity contribution is 6.11. The number of allylic oxidation sites excluding steroid dienone is 2. The summed E-state index contributed by atoms with van der Waals surface area (Å²) in [4.78, 5) is 32.9. The van der Waals surface area contributed by atoms with Crippen molar-refractivity contribution in [2.24, 2.45) is 11.8 Å². The number of hydrogen-bond donors (Lipinski definition) is 3. The maximum absolute atomic E-state index is 13.7. The topological polar surface area (TPSA) is 85.4 Å². The van der Waals surface area contributed by atoms with Gasteiger partial charge in [0.2, 0.25) is 5.91 Å². The molecule has 1 amide bonds. The van der Waals surface area contributed by atoms with Crippen molar-refractivity contribution in [1.29, 1.82) is 0 Å². The van der Waals surface area contributed by atoms with Gasteiger partial charge in [-0.25, -0.2) is 0 Å². The van der Waals surface area contributed by atoms with Gasteiger partial charge >= 0.3 is 0 Å². The Morgan fingerprint density at radius 3 is 2.54 bits per heavy atom. The van der Waals surface area contributed by atoms with Crippen LogP contribution in [0, 0.1) is 11.8 Å². The zero-order valence-electron chi connectivity index (χ0n) is 25.4. The number of aromatic nitrogens is 1. The predicted octanol–water partition coefficient (Wildman–Crippen LogP) is 6.62. The van der Waals surface area contributed by atoms with Crippen molar-refractivity contribution in [2.45, 2.75) is 85.2 Å². The molecule has 3 aromatic rings. The van der Waals surface area contributed by atoms with E-state index in [1.54, 1.807) is 0 Å². The van der Waals surface area contributed by atoms with Crippen LogP contribution >= 0.6 is 0 Å². The molecule has 1 aliphatic rings. The monoisotopic (exact) mass is 557 g/mol. The number of nitrogens with zero attached hydrogens (tertiary/aromatic N) is 1. The fourth-order valence-corrected chi connectivity index (χ4v) is 6.06. The minimum absolute atomic E-state index is 0.0537. The number of Topliss-reactive ketones (excluding diaryl/α,β-unsaturated/α-hetero) is 1. The van der Waals surface area contributed by atoms with Crippen LogP contribution in [0.15, 0.2) is 60.3 Å². The lowest BCUT2D eigenvalue weighted by molar-refractivity contribution is -0.124. The summed E-state index contributed by atoms with van der Waals surface area (Å²) in [5, 5.41) is 14.3. The highest BCUT2D eigenvalue weighted by Gasteiger charge is 2.34. The third kappa shape index (κ3) is 7.48. The Morgan fingerprint density at radius 1 is 1.10 bits per heavy atom. The molecule has 0 fully saturated rings. The molecule has 0 saturated carbocycles. The van der Waals surface area contributed by atoms with Crippen LogP contribution in [0.5, 0.6) is 0 Å². The van der Waals surface area contributed by atoms with Gasteiger partial charge in [-0.3, -0.25) is 9.59 Å². The first kappa shape index (κ1) is 30.6. The standard InChI is InChI=1S/C35H47N3O3/c1-23(2)10-9-11-25(5)18-19-38-30-16-15-29(31(40)17-14-26-12-7-6-8-13-26)33-32(30)27(21-36-33)20-28(22-39)37-35(41)34(38)24(3)4/h6-8,10,12-13,15-16,21,24-25,28,34,36,39H,9,11,14,17-20,22H2,1-5H3,(H,37,41)/t25-,28-,34-/m0/s1. The van der Waals surface area contributed by atoms with Gasteiger partial charge in [-0.15, -0.1) is 0 Å². The first-order valence-electron chi connectivity index (χ1n) is 15.2. The van der Waals surface area contributed by atoms with Crippen molar-refractivity contribution in [2.75, 3.05) is 18.1 Å². The van der Waals surface area contributed by atoms with E-state index in [4.69, 9.17) is 0 Å². The van der Waals surface area contributed by atoms with Crippen LogP contribution in [0.2, 0.25) is 0 Å². The number of aliphatic hydroxyl groups is 1. The summed E-state index contributed by atoms with van der Waals surface area (Å²) in [7, 11) is 0. The van der Waals surface area contributed by atoms with E-state index in [1.165, 1.54) is 5.57 Å². The van der Waals surface area contributed by atoms with Crippen molar-refractivity contribution in [3.05, 3.63) is 77.0 Å². The van der Waals surface area contributed by atoms with Gasteiger partial charge in [-0.2, -0.15) is 0 Å². The van der Waals surface area contributed by atoms with Crippen LogP contribution in [0.4, 0.5) is 5.69 Å². The van der Waals surface area contributed by atoms with Crippen LogP contribution in [0.1, 0.15) is 81.8 Å². The normalized spacial score (nSPS) is 18.0. The van der Waals surface area contributed by atoms with E-state index >= 15 is 0 Å². The Labute approximate surface area is 245 Å². The molecule has 0 aliphatic carbocycles. The second-order valence-electron chi connectivity index (χ2n) is 12.3. The molecular formula is C35H47N3O3. The summed E-state index contributed by atoms with van der Waals surface area (Å²) < 4.78 is 0. The van der Waals surface area contributed by atoms with Crippen LogP contribution < -0.4 is 10.2 Å². The number of carbonyl (C=O) groups is 2. The Bertz CT molecular complexity index is 1350. The molecule has 0 spiro atoms. The third-order valence-electron chi connectivity index (χ3n) is 8.33. The maximum Gasteiger partial charge on any atom is 0.243 e. The quantitative estimate of drug-likeness (QED) is 0.173. The largest absolute Gasteiger partial charge is 0.394 e. The summed E-state index contributed by atoms with van der Waals surface area (Å²) in [6.07, 6.45) is 8.96. The second kappa shape index (κ2) is 14.0. The van der Waals surface area contributed by atoms with Gasteiger partial charge in [0.25, 0.3) is 0 Å². The Kier molecular flexibility index (Phi) is 10.4. The average molecular weight is 558 g/mol. The number of anilines is 1. The number of aliphatic hydroxyl groups excluding tert-OH is 1. The molecule has 0 radical (unpaired) electrons. The number of aryl methyl sites for hydroxylation is 1. The SMILES string of the molecule is CC(C)=CCC[C@H](C)CCN1c2ccc(C(=O)CCc3ccccc3)c3[nH]cc(c23)C[C@@H](CO)NC(=O)[C@@H]1C(C)C. The molecule has 3 atom stereocenters. The number of aromatic amines is 1. The molecule has 0 saturated heterocycles. The van der Waals surface area contributed by atoms with E-state index in [1.807, 2.05) is 36.5 Å². The van der Waals surface area contributed by atoms with Crippen molar-refractivity contribution >= 4 is 28.3 Å². The minimum Gasteiger partial charge on any atom is -0.394 e. The maximum atomic E-state index is 13.7. The van der Waals surface area contributed by atoms with Crippen LogP contribution in [0.25, 0.3) is 10.9 Å². The number of amides is 1. The number of rotatable bonds is 12. The van der Waals surface area contributed by atoms with E-state index in [0.29, 0.717) is 30.7 Å². The number of H-pyrrole nitrogens is 1. The predicted molar refractivity (Wildman–Crippen MR) is 169 cm³/mol. The second-order valence-corrected chi connectivity index (χ2v) is 12.3. The van der Waals surface area contributed by atoms with E-state index in [-0.39, 0.29) is 24.2 Å². The summed E-state index contributed by atoms with van der Waals surface area (Å²) in [6, 6.07) is 13.3. The fourth-order valence-electron chi connectivity index (χ4n) is 6.06. The smallest absolute Gasteiger partial charge is 0.243 e. The van der Waals surface area contributed by atoms with Crippen LogP contribution in [0.3, 0.4) is 0 Å². The number of carbonyl (C=O) groups excluding carboxylic acids is 2. The van der Waals surface area contributed by atoms with Crippen molar-refractivity contribution in [1.82, 2.24) is 10.3 Å². The molecule has 6 nitrogen and oxygen atoms in total. The highest BCUT2D eigenvalue weighted by Crippen LogP contribution is 2.37. The highest BCUT2D eigenvalue weighted by atomic mass is 16.3. The molecule has 41 heavy (non-hydrogen) atoms. The van der Waals surface area contributed by atoms with Crippen molar-refractivity contribution in [3.8, 4) is 0 Å². The number of ketones is 1. The van der Waals surface area contributed by atoms with Gasteiger partial charge in [0.1, 0.15) is 6.04 Å². The zero-order valence-corrected chi connectivity index (χ0v) is 25.4. The molecule has 6 heteroatoms. The Balaban J connectivity index is 1.72. The lowest BCUT2D eigenvalue weighted by atomic mass is 9.95. The van der Waals surface area contributed by atoms with E-state index in [2.05, 4.69) is 68.0 Å². The average Bonchev–Trinajstić information content (AvgIpc) is 3.37. The molecule has 0 bridgehead atoms. The van der Waals surface area contributed by atoms with Gasteiger partial charge in [0.15, 0.2) is 5.78 Å². The van der Waals surface area contributed by atoms with Gasteiger partial charge in [0.05, 0.1) is 18.2 Å². The van der Waals surface area contributed by atoms with Gasteiger partial charge in [0, 0.05) is 35.8 Å². The van der Waals surface area contributed by atoms with Crippen LogP contribution in [-0.4, -0.2) is 47.0 Å². The van der Waals surface area contributed by atoms with Crippen LogP contribution in [-0.2, 0) is 17.6 Å². The molecular weight excluding hydrogens is 510 g/mol. The van der Waals surface area contributed by atoms with E-state index < -0.39 is 12.1 Å². The molecule has 0 unspecified atom stereocenters. The Morgan fingerprint density at radius 2 is 1.85 bits per heavy atom. The molecule has 2 aromatic carbocycles. The number of nitrogens with one attached hydrogen (secondary N) is 2. The van der Waals surface area contributed by atoms with E-state index in [9.17, 15) is 14.7 Å². The minimum atomic E-state index is -0.393. The van der Waals surface area contributed by atoms with Crippen molar-refractivity contribution in [3.63, 3.8) is 0 Å². The lowest BCUT2D eigenvalue weighted by Crippen LogP contribution is -2.53. The molecule has 3 N–H and O–H groups in total. The van der Waals surface area contributed by atoms with Gasteiger partial charge < -0.3 is 20.3 Å². The van der Waals surface area contributed by atoms with Gasteiger partial charge in [-0.05, 0) is 81.0 Å². The first-order chi connectivity index (χ1) is 19.7. The first-order valence-corrected chi connectivity index (χ1v) is 15.2. The fraction of sp³-hybridized carbons (Fsp3) is 0.486. The zero-order chi connectivity index (χ0) is 29.5. The summed E-state index contributed by atoms with van der Waals surface area (Å²) in [6.45, 7) is 11.3. The van der Waals surface area contributed by atoms with Gasteiger partial charge in [-0.1, -0.05) is 62.8 Å². The Hall–Kier alpha value is -3.38. The third-order valence-corrected chi connectivity index (χ3v) is 8.33. The lowest BCUT2D eigenvalue weighted by Gasteiger charge is -2.36. The number of hydrogen-bond acceptors (Lipinski definition) is 4. The molecule has 1 aliphatic heterocycles. The summed E-state index contributed by atoms with van der Waals surface area (Å²) in [5.74, 6) is 0.598. The molecule has 2 heterocycles. The molecule has 4 rings (SSSR count). The summed E-state index contributed by atoms with van der Waals surface area (Å²) >= 11 is 0.